The first kappa shape index (κ1) is 28.0. The molecule has 38 heavy (non-hydrogen) atoms. The third-order valence-electron chi connectivity index (χ3n) is 6.78. The van der Waals surface area contributed by atoms with E-state index in [2.05, 4.69) is 51.6 Å². The van der Waals surface area contributed by atoms with E-state index in [0.29, 0.717) is 13.3 Å². The molecule has 0 aromatic carbocycles. The van der Waals surface area contributed by atoms with Gasteiger partial charge in [0.05, 0.1) is 22.8 Å². The molecule has 1 aliphatic rings. The highest BCUT2D eigenvalue weighted by molar-refractivity contribution is 6.76. The first-order valence-electron chi connectivity index (χ1n) is 13.5. The summed E-state index contributed by atoms with van der Waals surface area (Å²) in [5.74, 6) is 0. The molecule has 0 N–H and O–H groups in total. The SMILES string of the molecule is CN(C(=O)OC(C)(C)C)[C@H]1CCCN(c2ccnc3c2c(-c2cccnn2)cn3COCC[Si](C)(C)C)C1. The van der Waals surface area contributed by atoms with Crippen LogP contribution in [0.4, 0.5) is 10.5 Å². The number of nitrogens with zero attached hydrogens (tertiary/aromatic N) is 6. The van der Waals surface area contributed by atoms with Gasteiger partial charge >= 0.3 is 6.09 Å². The fraction of sp³-hybridized carbons (Fsp3) is 0.571. The van der Waals surface area contributed by atoms with Crippen LogP contribution in [0.25, 0.3) is 22.3 Å². The number of piperidine rings is 1. The minimum Gasteiger partial charge on any atom is -0.444 e. The van der Waals surface area contributed by atoms with Crippen LogP contribution in [0.15, 0.2) is 36.8 Å². The molecule has 206 valence electrons. The monoisotopic (exact) mass is 538 g/mol. The van der Waals surface area contributed by atoms with Crippen molar-refractivity contribution in [1.29, 1.82) is 0 Å². The second-order valence-corrected chi connectivity index (χ2v) is 18.0. The summed E-state index contributed by atoms with van der Waals surface area (Å²) in [6, 6.07) is 7.10. The van der Waals surface area contributed by atoms with Gasteiger partial charge in [0, 0.05) is 59.0 Å². The summed E-state index contributed by atoms with van der Waals surface area (Å²) in [6.45, 7) is 15.5. The lowest BCUT2D eigenvalue weighted by molar-refractivity contribution is 0.0210. The molecule has 4 rings (SSSR count). The number of hydrogen-bond donors (Lipinski definition) is 0. The van der Waals surface area contributed by atoms with Crippen LogP contribution in [-0.2, 0) is 16.2 Å². The van der Waals surface area contributed by atoms with E-state index in [1.54, 1.807) is 11.1 Å². The molecule has 0 spiro atoms. The summed E-state index contributed by atoms with van der Waals surface area (Å²) in [5.41, 5.74) is 3.19. The molecule has 1 aliphatic heterocycles. The smallest absolute Gasteiger partial charge is 0.410 e. The van der Waals surface area contributed by atoms with Crippen molar-refractivity contribution in [1.82, 2.24) is 24.6 Å². The Balaban J connectivity index is 1.65. The van der Waals surface area contributed by atoms with Gasteiger partial charge in [-0.2, -0.15) is 10.2 Å². The largest absolute Gasteiger partial charge is 0.444 e. The average molecular weight is 539 g/mol. The molecule has 0 radical (unpaired) electrons. The standard InChI is InChI=1S/C28H42N6O3Si/c1-28(2,3)37-27(35)32(4)21-10-9-15-33(18-21)24-12-14-29-26-25(24)22(23-11-8-13-30-31-23)19-34(26)20-36-16-17-38(5,6)7/h8,11-14,19,21H,9-10,15-18,20H2,1-7H3/t21-/m0/s1. The predicted molar refractivity (Wildman–Crippen MR) is 154 cm³/mol. The molecular weight excluding hydrogens is 496 g/mol. The number of likely N-dealkylation sites (N-methyl/N-ethyl adjacent to an activating group) is 1. The average Bonchev–Trinajstić information content (AvgIpc) is 3.24. The Morgan fingerprint density at radius 2 is 2.00 bits per heavy atom. The summed E-state index contributed by atoms with van der Waals surface area (Å²) in [6.07, 6.45) is 7.24. The number of anilines is 1. The van der Waals surface area contributed by atoms with Crippen LogP contribution in [0.2, 0.25) is 25.7 Å². The number of ether oxygens (including phenoxy) is 2. The number of hydrogen-bond acceptors (Lipinski definition) is 7. The Bertz CT molecular complexity index is 1240. The molecule has 1 amide bonds. The molecule has 4 heterocycles. The fourth-order valence-corrected chi connectivity index (χ4v) is 5.47. The third-order valence-corrected chi connectivity index (χ3v) is 8.48. The topological polar surface area (TPSA) is 85.6 Å². The van der Waals surface area contributed by atoms with Crippen LogP contribution in [-0.4, -0.2) is 77.2 Å². The van der Waals surface area contributed by atoms with Gasteiger partial charge in [-0.25, -0.2) is 9.78 Å². The van der Waals surface area contributed by atoms with E-state index >= 15 is 0 Å². The zero-order chi connectivity index (χ0) is 27.5. The van der Waals surface area contributed by atoms with Crippen LogP contribution in [0.1, 0.15) is 33.6 Å². The van der Waals surface area contributed by atoms with E-state index < -0.39 is 13.7 Å². The van der Waals surface area contributed by atoms with Crippen molar-refractivity contribution in [3.63, 3.8) is 0 Å². The van der Waals surface area contributed by atoms with Crippen LogP contribution in [0.5, 0.6) is 0 Å². The lowest BCUT2D eigenvalue weighted by atomic mass is 10.0. The fourth-order valence-electron chi connectivity index (χ4n) is 4.71. The van der Waals surface area contributed by atoms with E-state index in [1.807, 2.05) is 46.1 Å². The van der Waals surface area contributed by atoms with Crippen LogP contribution in [0.3, 0.4) is 0 Å². The Morgan fingerprint density at radius 3 is 2.68 bits per heavy atom. The maximum absolute atomic E-state index is 12.8. The van der Waals surface area contributed by atoms with Gasteiger partial charge < -0.3 is 23.8 Å². The molecule has 9 nitrogen and oxygen atoms in total. The van der Waals surface area contributed by atoms with E-state index in [1.165, 1.54) is 0 Å². The van der Waals surface area contributed by atoms with Gasteiger partial charge in [-0.15, -0.1) is 0 Å². The van der Waals surface area contributed by atoms with Crippen molar-refractivity contribution < 1.29 is 14.3 Å². The molecule has 10 heteroatoms. The summed E-state index contributed by atoms with van der Waals surface area (Å²) < 4.78 is 13.8. The molecule has 0 saturated carbocycles. The van der Waals surface area contributed by atoms with Crippen LogP contribution in [0, 0.1) is 0 Å². The maximum Gasteiger partial charge on any atom is 0.410 e. The second-order valence-electron chi connectivity index (χ2n) is 12.3. The molecule has 0 bridgehead atoms. The number of rotatable bonds is 8. The maximum atomic E-state index is 12.8. The quantitative estimate of drug-likeness (QED) is 0.271. The molecule has 3 aromatic heterocycles. The normalized spacial score (nSPS) is 16.6. The predicted octanol–water partition coefficient (Wildman–Crippen LogP) is 5.64. The zero-order valence-electron chi connectivity index (χ0n) is 23.9. The highest BCUT2D eigenvalue weighted by Gasteiger charge is 2.30. The molecule has 1 saturated heterocycles. The highest BCUT2D eigenvalue weighted by Crippen LogP contribution is 2.37. The first-order chi connectivity index (χ1) is 17.9. The zero-order valence-corrected chi connectivity index (χ0v) is 24.9. The summed E-state index contributed by atoms with van der Waals surface area (Å²) in [7, 11) is 0.660. The lowest BCUT2D eigenvalue weighted by Gasteiger charge is -2.39. The Kier molecular flexibility index (Phi) is 8.42. The summed E-state index contributed by atoms with van der Waals surface area (Å²) >= 11 is 0. The molecule has 1 atom stereocenters. The Morgan fingerprint density at radius 1 is 1.21 bits per heavy atom. The molecule has 1 fully saturated rings. The number of fused-ring (bicyclic) bond motifs is 1. The Hall–Kier alpha value is -2.98. The lowest BCUT2D eigenvalue weighted by Crippen LogP contribution is -2.49. The molecule has 0 unspecified atom stereocenters. The highest BCUT2D eigenvalue weighted by atomic mass is 28.3. The van der Waals surface area contributed by atoms with E-state index in [0.717, 1.165) is 60.0 Å². The van der Waals surface area contributed by atoms with Crippen molar-refractivity contribution in [3.05, 3.63) is 36.8 Å². The van der Waals surface area contributed by atoms with Gasteiger partial charge in [0.2, 0.25) is 0 Å². The van der Waals surface area contributed by atoms with Crippen molar-refractivity contribution >= 4 is 30.9 Å². The van der Waals surface area contributed by atoms with Gasteiger partial charge in [-0.1, -0.05) is 19.6 Å². The minimum absolute atomic E-state index is 0.0498. The number of carbonyl (C=O) groups excluding carboxylic acids is 1. The van der Waals surface area contributed by atoms with Crippen LogP contribution >= 0.6 is 0 Å². The van der Waals surface area contributed by atoms with Gasteiger partial charge in [-0.3, -0.25) is 0 Å². The van der Waals surface area contributed by atoms with Crippen molar-refractivity contribution in [2.75, 3.05) is 31.6 Å². The molecule has 3 aromatic rings. The minimum atomic E-state index is -1.18. The van der Waals surface area contributed by atoms with Crippen molar-refractivity contribution in [2.24, 2.45) is 0 Å². The van der Waals surface area contributed by atoms with E-state index in [4.69, 9.17) is 14.5 Å². The van der Waals surface area contributed by atoms with Crippen LogP contribution < -0.4 is 4.90 Å². The van der Waals surface area contributed by atoms with Gasteiger partial charge in [0.1, 0.15) is 18.0 Å². The first-order valence-corrected chi connectivity index (χ1v) is 17.2. The van der Waals surface area contributed by atoms with E-state index in [-0.39, 0.29) is 12.1 Å². The second kappa shape index (κ2) is 11.4. The number of amides is 1. The van der Waals surface area contributed by atoms with Crippen molar-refractivity contribution in [2.45, 2.75) is 77.7 Å². The third kappa shape index (κ3) is 6.90. The Labute approximate surface area is 227 Å². The summed E-state index contributed by atoms with van der Waals surface area (Å²) in [4.78, 5) is 21.7. The number of aromatic nitrogens is 4. The van der Waals surface area contributed by atoms with Gasteiger partial charge in [-0.05, 0) is 57.9 Å². The van der Waals surface area contributed by atoms with Gasteiger partial charge in [0.25, 0.3) is 0 Å². The molecule has 0 aliphatic carbocycles. The molecular formula is C28H42N6O3Si. The van der Waals surface area contributed by atoms with E-state index in [9.17, 15) is 4.79 Å². The van der Waals surface area contributed by atoms with Gasteiger partial charge in [0.15, 0.2) is 0 Å². The summed E-state index contributed by atoms with van der Waals surface area (Å²) in [5, 5.41) is 9.57. The number of carbonyl (C=O) groups is 1. The van der Waals surface area contributed by atoms with Crippen molar-refractivity contribution in [3.8, 4) is 11.3 Å². The number of pyridine rings is 1.